The van der Waals surface area contributed by atoms with E-state index in [2.05, 4.69) is 186 Å². The van der Waals surface area contributed by atoms with Crippen molar-refractivity contribution >= 4 is 57.2 Å². The summed E-state index contributed by atoms with van der Waals surface area (Å²) in [4.78, 5) is 4.91. The Morgan fingerprint density at radius 2 is 0.809 bits per heavy atom. The molecule has 0 amide bonds. The summed E-state index contributed by atoms with van der Waals surface area (Å²) in [5.41, 5.74) is 16.1. The standard InChI is InChI=1S/C42H29BN2.C2H6/c1-5-14-30(15-6-1)32-25-27-38-37(28-32)43-36-26-24-33(31-16-7-2-8-17-31)29-41(36)45(35-20-11-4-12-21-35)40-23-13-22-39(42(40)43)44(38)34-18-9-3-10-19-34;1-2/h1-29H;1-2H3. The van der Waals surface area contributed by atoms with Crippen LogP contribution in [0.5, 0.6) is 0 Å². The maximum absolute atomic E-state index is 2.46. The van der Waals surface area contributed by atoms with Crippen molar-refractivity contribution in [2.45, 2.75) is 13.8 Å². The lowest BCUT2D eigenvalue weighted by molar-refractivity contribution is 1.25. The largest absolute Gasteiger partial charge is 0.311 e. The highest BCUT2D eigenvalue weighted by Crippen LogP contribution is 2.44. The number of rotatable bonds is 4. The third-order valence-electron chi connectivity index (χ3n) is 9.24. The minimum atomic E-state index is 0.0783. The van der Waals surface area contributed by atoms with Gasteiger partial charge in [0.15, 0.2) is 0 Å². The van der Waals surface area contributed by atoms with Crippen LogP contribution in [0.2, 0.25) is 0 Å². The maximum Gasteiger partial charge on any atom is 0.252 e. The van der Waals surface area contributed by atoms with E-state index in [1.807, 2.05) is 13.8 Å². The van der Waals surface area contributed by atoms with Gasteiger partial charge in [0, 0.05) is 34.1 Å². The Hall–Kier alpha value is -5.80. The molecule has 7 aromatic carbocycles. The first-order valence-electron chi connectivity index (χ1n) is 16.6. The zero-order valence-corrected chi connectivity index (χ0v) is 26.7. The summed E-state index contributed by atoms with van der Waals surface area (Å²) in [6.07, 6.45) is 0. The van der Waals surface area contributed by atoms with Crippen LogP contribution in [0.15, 0.2) is 176 Å². The molecule has 2 heterocycles. The summed E-state index contributed by atoms with van der Waals surface area (Å²) in [6.45, 7) is 4.08. The van der Waals surface area contributed by atoms with E-state index in [0.29, 0.717) is 0 Å². The van der Waals surface area contributed by atoms with Gasteiger partial charge in [0.25, 0.3) is 6.71 Å². The van der Waals surface area contributed by atoms with Crippen LogP contribution >= 0.6 is 0 Å². The van der Waals surface area contributed by atoms with Gasteiger partial charge in [-0.15, -0.1) is 0 Å². The second kappa shape index (κ2) is 12.2. The highest BCUT2D eigenvalue weighted by molar-refractivity contribution is 7.00. The molecule has 0 bridgehead atoms. The number of para-hydroxylation sites is 2. The summed E-state index contributed by atoms with van der Waals surface area (Å²) in [5.74, 6) is 0. The monoisotopic (exact) mass is 602 g/mol. The molecule has 0 unspecified atom stereocenters. The molecule has 0 aromatic heterocycles. The molecule has 7 aromatic rings. The molecule has 2 aliphatic rings. The van der Waals surface area contributed by atoms with Crippen LogP contribution in [0.4, 0.5) is 34.1 Å². The molecule has 0 saturated heterocycles. The first-order valence-corrected chi connectivity index (χ1v) is 16.6. The van der Waals surface area contributed by atoms with Crippen LogP contribution in [-0.4, -0.2) is 6.71 Å². The quantitative estimate of drug-likeness (QED) is 0.185. The van der Waals surface area contributed by atoms with Gasteiger partial charge < -0.3 is 9.80 Å². The molecule has 2 nitrogen and oxygen atoms in total. The number of anilines is 6. The molecule has 0 N–H and O–H groups in total. The smallest absolute Gasteiger partial charge is 0.252 e. The van der Waals surface area contributed by atoms with Gasteiger partial charge in [0.05, 0.1) is 0 Å². The van der Waals surface area contributed by atoms with Crippen molar-refractivity contribution in [3.63, 3.8) is 0 Å². The number of benzene rings is 7. The summed E-state index contributed by atoms with van der Waals surface area (Å²) < 4.78 is 0. The lowest BCUT2D eigenvalue weighted by atomic mass is 9.33. The van der Waals surface area contributed by atoms with Crippen molar-refractivity contribution in [3.8, 4) is 22.3 Å². The van der Waals surface area contributed by atoms with Gasteiger partial charge in [-0.1, -0.05) is 141 Å². The zero-order valence-electron chi connectivity index (χ0n) is 26.7. The van der Waals surface area contributed by atoms with Crippen LogP contribution in [-0.2, 0) is 0 Å². The van der Waals surface area contributed by atoms with Crippen molar-refractivity contribution in [1.29, 1.82) is 0 Å². The summed E-state index contributed by atoms with van der Waals surface area (Å²) in [7, 11) is 0. The van der Waals surface area contributed by atoms with Crippen LogP contribution in [0.1, 0.15) is 13.8 Å². The van der Waals surface area contributed by atoms with Crippen LogP contribution in [0.3, 0.4) is 0 Å². The Bertz CT molecular complexity index is 2160. The zero-order chi connectivity index (χ0) is 31.7. The first kappa shape index (κ1) is 28.7. The topological polar surface area (TPSA) is 6.48 Å². The van der Waals surface area contributed by atoms with Crippen LogP contribution in [0, 0.1) is 0 Å². The number of hydrogen-bond acceptors (Lipinski definition) is 2. The average molecular weight is 603 g/mol. The van der Waals surface area contributed by atoms with Crippen LogP contribution < -0.4 is 26.2 Å². The van der Waals surface area contributed by atoms with Gasteiger partial charge in [0.1, 0.15) is 0 Å². The predicted octanol–water partition coefficient (Wildman–Crippen LogP) is 10.1. The molecule has 47 heavy (non-hydrogen) atoms. The maximum atomic E-state index is 2.46. The number of fused-ring (bicyclic) bond motifs is 4. The van der Waals surface area contributed by atoms with Crippen molar-refractivity contribution < 1.29 is 0 Å². The van der Waals surface area contributed by atoms with Crippen molar-refractivity contribution in [2.75, 3.05) is 9.80 Å². The minimum Gasteiger partial charge on any atom is -0.311 e. The van der Waals surface area contributed by atoms with Gasteiger partial charge in [-0.05, 0) is 87.2 Å². The molecule has 0 aliphatic carbocycles. The average Bonchev–Trinajstić information content (AvgIpc) is 3.16. The fraction of sp³-hybridized carbons (Fsp3) is 0.0455. The fourth-order valence-corrected chi connectivity index (χ4v) is 7.27. The molecule has 0 saturated carbocycles. The lowest BCUT2D eigenvalue weighted by Crippen LogP contribution is -2.61. The molecule has 0 fully saturated rings. The van der Waals surface area contributed by atoms with E-state index in [9.17, 15) is 0 Å². The van der Waals surface area contributed by atoms with Crippen molar-refractivity contribution in [2.24, 2.45) is 0 Å². The van der Waals surface area contributed by atoms with E-state index >= 15 is 0 Å². The minimum absolute atomic E-state index is 0.0783. The second-order valence-electron chi connectivity index (χ2n) is 11.8. The van der Waals surface area contributed by atoms with E-state index in [1.165, 1.54) is 61.4 Å². The molecule has 0 spiro atoms. The number of hydrogen-bond donors (Lipinski definition) is 0. The highest BCUT2D eigenvalue weighted by Gasteiger charge is 2.43. The molecule has 9 rings (SSSR count). The molecule has 0 radical (unpaired) electrons. The third-order valence-corrected chi connectivity index (χ3v) is 9.24. The molecule has 2 aliphatic heterocycles. The van der Waals surface area contributed by atoms with E-state index in [-0.39, 0.29) is 6.71 Å². The molecular formula is C44H35BN2. The second-order valence-corrected chi connectivity index (χ2v) is 11.8. The third kappa shape index (κ3) is 4.83. The summed E-state index contributed by atoms with van der Waals surface area (Å²) in [5, 5.41) is 0. The highest BCUT2D eigenvalue weighted by atomic mass is 15.2. The van der Waals surface area contributed by atoms with Crippen molar-refractivity contribution in [1.82, 2.24) is 0 Å². The molecule has 0 atom stereocenters. The number of nitrogens with zero attached hydrogens (tertiary/aromatic N) is 2. The van der Waals surface area contributed by atoms with Crippen LogP contribution in [0.25, 0.3) is 22.3 Å². The van der Waals surface area contributed by atoms with Gasteiger partial charge in [0.2, 0.25) is 0 Å². The lowest BCUT2D eigenvalue weighted by Gasteiger charge is -2.44. The van der Waals surface area contributed by atoms with Gasteiger partial charge in [-0.3, -0.25) is 0 Å². The van der Waals surface area contributed by atoms with E-state index in [4.69, 9.17) is 0 Å². The van der Waals surface area contributed by atoms with E-state index in [0.717, 1.165) is 11.4 Å². The summed E-state index contributed by atoms with van der Waals surface area (Å²) in [6, 6.07) is 63.9. The Kier molecular flexibility index (Phi) is 7.43. The molecule has 3 heteroatoms. The molecule has 224 valence electrons. The Morgan fingerprint density at radius 1 is 0.340 bits per heavy atom. The first-order chi connectivity index (χ1) is 23.3. The van der Waals surface area contributed by atoms with Gasteiger partial charge in [-0.2, -0.15) is 0 Å². The Morgan fingerprint density at radius 3 is 1.36 bits per heavy atom. The van der Waals surface area contributed by atoms with E-state index in [1.54, 1.807) is 0 Å². The van der Waals surface area contributed by atoms with Crippen molar-refractivity contribution in [3.05, 3.63) is 176 Å². The fourth-order valence-electron chi connectivity index (χ4n) is 7.27. The van der Waals surface area contributed by atoms with E-state index < -0.39 is 0 Å². The van der Waals surface area contributed by atoms with Gasteiger partial charge >= 0.3 is 0 Å². The Labute approximate surface area is 278 Å². The van der Waals surface area contributed by atoms with Gasteiger partial charge in [-0.25, -0.2) is 0 Å². The summed E-state index contributed by atoms with van der Waals surface area (Å²) >= 11 is 0. The predicted molar refractivity (Wildman–Crippen MR) is 203 cm³/mol. The SMILES string of the molecule is CC.c1ccc(-c2ccc3c(c2)B2c4ccc(-c5ccccc5)cc4N(c4ccccc4)c4cccc(c42)N3c2ccccc2)cc1. The Balaban J connectivity index is 0.00000159. The normalized spacial score (nSPS) is 12.3. The molecular weight excluding hydrogens is 567 g/mol.